The number of aromatic nitrogens is 4. The maximum Gasteiger partial charge on any atom is 0.490 e. The number of benzene rings is 1. The second-order valence-electron chi connectivity index (χ2n) is 16.5. The zero-order valence-corrected chi connectivity index (χ0v) is 45.5. The Morgan fingerprint density at radius 2 is 1.55 bits per heavy atom. The summed E-state index contributed by atoms with van der Waals surface area (Å²) in [5.41, 5.74) is 6.19. The Morgan fingerprint density at radius 1 is 0.904 bits per heavy atom. The molecule has 1 aliphatic heterocycles. The summed E-state index contributed by atoms with van der Waals surface area (Å²) >= 11 is 0.724. The number of nitrogens with zero attached hydrogens (tertiary/aromatic N) is 4. The van der Waals surface area contributed by atoms with Crippen LogP contribution in [0.25, 0.3) is 11.2 Å². The molecule has 10 N–H and O–H groups in total. The lowest BCUT2D eigenvalue weighted by Gasteiger charge is -2.24. The Bertz CT molecular complexity index is 2370. The van der Waals surface area contributed by atoms with Gasteiger partial charge in [0.05, 0.1) is 71.9 Å². The number of carbonyl (C=O) groups excluding carboxylic acids is 2. The molecule has 73 heavy (non-hydrogen) atoms. The van der Waals surface area contributed by atoms with Gasteiger partial charge >= 0.3 is 23.5 Å². The standard InChI is InChI=1S/C39H65N8O20P3S3/c1-39(2,25-42-33(49)12-15-59-17-19-61-21-22-62-20-18-60-16-13-41-32(48)7-5-4-6-14-46(3)28-8-10-29(72-58)11-9-28)73-71-27-63-30-23-34(47-26-43-35-36(47)44-38(40)45-37(35)50)65-31(30)24-64-69(54,55)67-70(56,57)66-68(51,52)53/h8-11,26,30-31,34,58H,4-7,12-25,27H2,1-3H3,(H,41,48)(H,42,49)(H,54,55)(H,56,57)(H2,51,52,53)(H3,40,44,45,50)/t30-,31-,34-/m1/s1. The summed E-state index contributed by atoms with van der Waals surface area (Å²) in [6.07, 6.45) is 1.63. The van der Waals surface area contributed by atoms with Gasteiger partial charge in [-0.2, -0.15) is 13.6 Å². The molecule has 0 radical (unpaired) electrons. The summed E-state index contributed by atoms with van der Waals surface area (Å²) in [7, 11) is -12.2. The molecule has 2 unspecified atom stereocenters. The van der Waals surface area contributed by atoms with E-state index in [0.717, 1.165) is 48.4 Å². The number of nitrogens with two attached hydrogens (primary N) is 1. The fourth-order valence-corrected chi connectivity index (χ4v) is 12.0. The van der Waals surface area contributed by atoms with Gasteiger partial charge in [-0.3, -0.25) is 28.5 Å². The van der Waals surface area contributed by atoms with E-state index in [0.29, 0.717) is 59.2 Å². The number of hydrogen-bond acceptors (Lipinski definition) is 23. The van der Waals surface area contributed by atoms with E-state index in [4.69, 9.17) is 53.0 Å². The molecule has 2 aromatic heterocycles. The molecule has 414 valence electrons. The number of nitrogen functional groups attached to an aromatic ring is 1. The molecule has 1 saturated heterocycles. The molecule has 4 rings (SSSR count). The molecule has 1 aromatic carbocycles. The highest BCUT2D eigenvalue weighted by atomic mass is 33.1. The molecular formula is C39H65N8O20P3S3. The van der Waals surface area contributed by atoms with Crippen LogP contribution < -0.4 is 26.8 Å². The van der Waals surface area contributed by atoms with Gasteiger partial charge in [-0.15, -0.1) is 0 Å². The molecule has 0 bridgehead atoms. The van der Waals surface area contributed by atoms with Gasteiger partial charge < -0.3 is 73.8 Å². The Morgan fingerprint density at radius 3 is 2.21 bits per heavy atom. The Kier molecular flexibility index (Phi) is 27.1. The lowest BCUT2D eigenvalue weighted by Crippen LogP contribution is -2.36. The van der Waals surface area contributed by atoms with Gasteiger partial charge in [0, 0.05) is 73.3 Å². The minimum Gasteiger partial charge on any atom is -0.379 e. The maximum absolute atomic E-state index is 12.5. The van der Waals surface area contributed by atoms with Gasteiger partial charge in [-0.25, -0.2) is 18.7 Å². The summed E-state index contributed by atoms with van der Waals surface area (Å²) < 4.78 is 91.8. The number of imidazole rings is 1. The summed E-state index contributed by atoms with van der Waals surface area (Å²) in [4.78, 5) is 87.6. The molecule has 28 nitrogen and oxygen atoms in total. The first-order valence-electron chi connectivity index (χ1n) is 22.6. The van der Waals surface area contributed by atoms with E-state index in [1.807, 2.05) is 45.2 Å². The van der Waals surface area contributed by atoms with Crippen LogP contribution in [-0.4, -0.2) is 164 Å². The molecule has 2 amide bonds. The van der Waals surface area contributed by atoms with Crippen molar-refractivity contribution in [3.63, 3.8) is 0 Å². The Balaban J connectivity index is 1.01. The van der Waals surface area contributed by atoms with E-state index in [1.54, 1.807) is 0 Å². The van der Waals surface area contributed by atoms with Crippen molar-refractivity contribution in [2.24, 2.45) is 0 Å². The summed E-state index contributed by atoms with van der Waals surface area (Å²) in [6, 6.07) is 7.69. The molecule has 3 aromatic rings. The van der Waals surface area contributed by atoms with E-state index in [-0.39, 0.29) is 60.9 Å². The largest absolute Gasteiger partial charge is 0.490 e. The van der Waals surface area contributed by atoms with Gasteiger partial charge in [-0.1, -0.05) is 28.0 Å². The first kappa shape index (κ1) is 62.8. The lowest BCUT2D eigenvalue weighted by atomic mass is 10.1. The fourth-order valence-electron chi connectivity index (χ4n) is 6.53. The number of ether oxygens (including phenoxy) is 6. The monoisotopic (exact) mass is 1150 g/mol. The second-order valence-corrected chi connectivity index (χ2v) is 24.5. The van der Waals surface area contributed by atoms with E-state index >= 15 is 0 Å². The van der Waals surface area contributed by atoms with Gasteiger partial charge in [0.2, 0.25) is 17.8 Å². The first-order valence-corrected chi connectivity index (χ1v) is 30.2. The number of nitrogens with one attached hydrogen (secondary N) is 3. The average molecular weight is 1160 g/mol. The average Bonchev–Trinajstić information content (AvgIpc) is 3.93. The van der Waals surface area contributed by atoms with Crippen LogP contribution in [0.2, 0.25) is 0 Å². The maximum atomic E-state index is 12.5. The fraction of sp³-hybridized carbons (Fsp3) is 0.667. The number of amides is 2. The van der Waals surface area contributed by atoms with Crippen LogP contribution >= 0.6 is 57.1 Å². The number of unbranched alkanes of at least 4 members (excludes halogenated alkanes) is 2. The molecule has 1 fully saturated rings. The predicted octanol–water partition coefficient (Wildman–Crippen LogP) is 3.79. The van der Waals surface area contributed by atoms with Crippen LogP contribution in [0.3, 0.4) is 0 Å². The van der Waals surface area contributed by atoms with Crippen LogP contribution in [0, 0.1) is 0 Å². The number of phosphoric acid groups is 3. The van der Waals surface area contributed by atoms with Crippen LogP contribution in [0.4, 0.5) is 11.6 Å². The smallest absolute Gasteiger partial charge is 0.379 e. The van der Waals surface area contributed by atoms with Crippen molar-refractivity contribution >= 4 is 91.7 Å². The number of anilines is 2. The molecule has 0 saturated carbocycles. The number of hydrogen-bond donors (Lipinski definition) is 9. The third kappa shape index (κ3) is 24.9. The van der Waals surface area contributed by atoms with Crippen molar-refractivity contribution in [1.29, 1.82) is 0 Å². The Labute approximate surface area is 433 Å². The molecule has 0 spiro atoms. The highest BCUT2D eigenvalue weighted by molar-refractivity contribution is 8.77. The van der Waals surface area contributed by atoms with Crippen molar-refractivity contribution in [3.05, 3.63) is 40.9 Å². The van der Waals surface area contributed by atoms with Gasteiger partial charge in [0.15, 0.2) is 11.2 Å². The molecular weight excluding hydrogens is 1090 g/mol. The third-order valence-corrected chi connectivity index (χ3v) is 17.3. The number of H-pyrrole nitrogens is 1. The highest BCUT2D eigenvalue weighted by Crippen LogP contribution is 2.66. The Hall–Kier alpha value is -2.71. The van der Waals surface area contributed by atoms with Crippen LogP contribution in [0.5, 0.6) is 0 Å². The van der Waals surface area contributed by atoms with Gasteiger partial charge in [0.25, 0.3) is 5.56 Å². The van der Waals surface area contributed by atoms with Crippen molar-refractivity contribution < 1.29 is 89.0 Å². The topological polar surface area (TPSA) is 386 Å². The normalized spacial score (nSPS) is 17.9. The van der Waals surface area contributed by atoms with Crippen molar-refractivity contribution in [3.8, 4) is 0 Å². The number of rotatable bonds is 38. The second kappa shape index (κ2) is 31.5. The van der Waals surface area contributed by atoms with E-state index in [2.05, 4.69) is 39.1 Å². The first-order chi connectivity index (χ1) is 34.6. The molecule has 3 heterocycles. The lowest BCUT2D eigenvalue weighted by molar-refractivity contribution is -0.122. The minimum atomic E-state index is -5.78. The van der Waals surface area contributed by atoms with Crippen LogP contribution in [0.1, 0.15) is 58.6 Å². The highest BCUT2D eigenvalue weighted by Gasteiger charge is 2.44. The van der Waals surface area contributed by atoms with Crippen LogP contribution in [-0.2, 0) is 64.9 Å². The van der Waals surface area contributed by atoms with Crippen molar-refractivity contribution in [2.45, 2.75) is 80.5 Å². The summed E-state index contributed by atoms with van der Waals surface area (Å²) in [6.45, 7) is 7.24. The van der Waals surface area contributed by atoms with Crippen molar-refractivity contribution in [2.75, 3.05) is 103 Å². The van der Waals surface area contributed by atoms with Crippen LogP contribution in [0.15, 0.2) is 40.3 Å². The predicted molar refractivity (Wildman–Crippen MR) is 270 cm³/mol. The quantitative estimate of drug-likeness (QED) is 0.0130. The number of fused-ring (bicyclic) bond motifs is 1. The number of aromatic amines is 1. The summed E-state index contributed by atoms with van der Waals surface area (Å²) in [5, 5.41) is 5.74. The third-order valence-electron chi connectivity index (χ3n) is 10.0. The zero-order valence-electron chi connectivity index (χ0n) is 40.3. The molecule has 34 heteroatoms. The minimum absolute atomic E-state index is 0.0000864. The number of carbonyl (C=O) groups is 2. The van der Waals surface area contributed by atoms with E-state index in [1.165, 1.54) is 32.5 Å². The molecule has 0 aliphatic carbocycles. The van der Waals surface area contributed by atoms with E-state index < -0.39 is 58.8 Å². The van der Waals surface area contributed by atoms with Crippen molar-refractivity contribution in [1.82, 2.24) is 30.2 Å². The zero-order chi connectivity index (χ0) is 53.5. The van der Waals surface area contributed by atoms with Gasteiger partial charge in [-0.05, 0) is 51.0 Å². The van der Waals surface area contributed by atoms with Gasteiger partial charge in [0.1, 0.15) is 18.3 Å². The summed E-state index contributed by atoms with van der Waals surface area (Å²) in [5.74, 6) is -0.399. The molecule has 1 aliphatic rings. The van der Waals surface area contributed by atoms with E-state index in [9.17, 15) is 37.9 Å². The molecule has 5 atom stereocenters. The number of phosphoric ester groups is 1. The SMILES string of the molecule is CN(CCCCCC(=O)NCCOCCOCCOCCOCCC(=O)NCC(C)(C)SSCO[C@@H]1C[C@H](n2cnc3c(=O)[nH]c(N)nc32)O[C@@H]1COP(=O)(O)OP(=O)(O)OP(=O)(O)O)c1ccc(SO)cc1.